The van der Waals surface area contributed by atoms with Gasteiger partial charge in [0.25, 0.3) is 0 Å². The van der Waals surface area contributed by atoms with Crippen molar-refractivity contribution in [1.29, 1.82) is 0 Å². The molecule has 2 fully saturated rings. The number of carboxylic acid groups (broad SMARTS) is 1. The fraction of sp³-hybridized carbons (Fsp3) is 0.674. The largest absolute Gasteiger partial charge is 0.480 e. The van der Waals surface area contributed by atoms with Crippen molar-refractivity contribution in [2.45, 2.75) is 180 Å². The van der Waals surface area contributed by atoms with Gasteiger partial charge in [-0.2, -0.15) is 0 Å². The molecule has 0 radical (unpaired) electrons. The molecule has 49 heavy (non-hydrogen) atoms. The van der Waals surface area contributed by atoms with Gasteiger partial charge in [-0.3, -0.25) is 19.4 Å². The average Bonchev–Trinajstić information content (AvgIpc) is 3.01. The molecule has 0 spiro atoms. The predicted molar refractivity (Wildman–Crippen MR) is 201 cm³/mol. The van der Waals surface area contributed by atoms with Crippen LogP contribution in [0.2, 0.25) is 0 Å². The Morgan fingerprint density at radius 1 is 0.694 bits per heavy atom. The minimum atomic E-state index is -1.78. The van der Waals surface area contributed by atoms with Gasteiger partial charge in [-0.25, -0.2) is 0 Å². The van der Waals surface area contributed by atoms with Gasteiger partial charge in [0.1, 0.15) is 6.10 Å². The number of rotatable bonds is 14. The van der Waals surface area contributed by atoms with Crippen molar-refractivity contribution >= 4 is 11.9 Å². The van der Waals surface area contributed by atoms with E-state index in [1.54, 1.807) is 0 Å². The van der Waals surface area contributed by atoms with Crippen LogP contribution in [0.4, 0.5) is 0 Å². The second-order valence-corrected chi connectivity index (χ2v) is 17.6. The Hall–Kier alpha value is -2.70. The Morgan fingerprint density at radius 2 is 1.10 bits per heavy atom. The number of hydrogen-bond donors (Lipinski definition) is 1. The number of carbonyl (C=O) groups is 2. The van der Waals surface area contributed by atoms with E-state index < -0.39 is 23.5 Å². The maximum atomic E-state index is 15.0. The van der Waals surface area contributed by atoms with Crippen LogP contribution in [0.25, 0.3) is 0 Å². The highest BCUT2D eigenvalue weighted by Crippen LogP contribution is 2.45. The van der Waals surface area contributed by atoms with E-state index in [0.29, 0.717) is 6.42 Å². The maximum Gasteiger partial charge on any atom is 0.324 e. The van der Waals surface area contributed by atoms with Gasteiger partial charge >= 0.3 is 11.9 Å². The lowest BCUT2D eigenvalue weighted by Gasteiger charge is -2.59. The molecule has 272 valence electrons. The highest BCUT2D eigenvalue weighted by Gasteiger charge is 2.53. The predicted octanol–water partition coefficient (Wildman–Crippen LogP) is 9.49. The molecule has 0 amide bonds. The van der Waals surface area contributed by atoms with Crippen molar-refractivity contribution in [3.05, 3.63) is 71.8 Å². The number of carboxylic acids is 1. The summed E-state index contributed by atoms with van der Waals surface area (Å²) in [6.07, 6.45) is 8.73. The Labute approximate surface area is 298 Å². The lowest BCUT2D eigenvalue weighted by Crippen LogP contribution is -2.67. The van der Waals surface area contributed by atoms with Crippen molar-refractivity contribution in [3.8, 4) is 0 Å². The van der Waals surface area contributed by atoms with Crippen molar-refractivity contribution < 1.29 is 19.4 Å². The van der Waals surface area contributed by atoms with Crippen LogP contribution in [0.3, 0.4) is 0 Å². The smallest absolute Gasteiger partial charge is 0.324 e. The van der Waals surface area contributed by atoms with E-state index in [4.69, 9.17) is 4.74 Å². The van der Waals surface area contributed by atoms with Crippen LogP contribution in [0.15, 0.2) is 60.7 Å². The summed E-state index contributed by atoms with van der Waals surface area (Å²) in [7, 11) is 0. The van der Waals surface area contributed by atoms with Gasteiger partial charge < -0.3 is 9.84 Å². The minimum absolute atomic E-state index is 0.00615. The summed E-state index contributed by atoms with van der Waals surface area (Å²) >= 11 is 0. The third kappa shape index (κ3) is 8.61. The minimum Gasteiger partial charge on any atom is -0.480 e. The lowest BCUT2D eigenvalue weighted by molar-refractivity contribution is -0.183. The van der Waals surface area contributed by atoms with Gasteiger partial charge in [0, 0.05) is 40.7 Å². The van der Waals surface area contributed by atoms with E-state index in [1.807, 2.05) is 60.7 Å². The van der Waals surface area contributed by atoms with Gasteiger partial charge in [0.2, 0.25) is 0 Å². The highest BCUT2D eigenvalue weighted by atomic mass is 16.5. The number of piperidine rings is 2. The normalized spacial score (nSPS) is 22.5. The average molecular weight is 675 g/mol. The number of nitrogens with zero attached hydrogens (tertiary/aromatic N) is 2. The standard InChI is InChI=1S/C43H66N2O4/c1-11-34(44-39(3,4)25-19-26-40(44,5)6)29-36(35(12-2)45-41(7,8)27-20-28-42(45,9)10)49-38(48)43(37(46)47,30-32-21-15-13-16-22-32)31-33-23-17-14-18-24-33/h13-18,21-24,34-36H,11-12,19-20,25-31H2,1-10H3,(H,46,47). The maximum absolute atomic E-state index is 15.0. The fourth-order valence-electron chi connectivity index (χ4n) is 10.1. The Bertz CT molecular complexity index is 1310. The second kappa shape index (κ2) is 15.3. The second-order valence-electron chi connectivity index (χ2n) is 17.6. The lowest BCUT2D eigenvalue weighted by atomic mass is 9.75. The molecular formula is C43H66N2O4. The van der Waals surface area contributed by atoms with E-state index in [0.717, 1.165) is 56.1 Å². The summed E-state index contributed by atoms with van der Waals surface area (Å²) < 4.78 is 6.89. The Balaban J connectivity index is 1.84. The number of aliphatic carboxylic acids is 1. The molecule has 6 nitrogen and oxygen atoms in total. The first-order valence-corrected chi connectivity index (χ1v) is 19.0. The molecule has 2 heterocycles. The van der Waals surface area contributed by atoms with Gasteiger partial charge in [0.15, 0.2) is 5.41 Å². The number of carbonyl (C=O) groups excluding carboxylic acids is 1. The Morgan fingerprint density at radius 3 is 1.47 bits per heavy atom. The van der Waals surface area contributed by atoms with Crippen LogP contribution < -0.4 is 0 Å². The van der Waals surface area contributed by atoms with Gasteiger partial charge in [0.05, 0.1) is 0 Å². The van der Waals surface area contributed by atoms with Crippen LogP contribution in [-0.2, 0) is 27.2 Å². The number of likely N-dealkylation sites (tertiary alicyclic amines) is 2. The van der Waals surface area contributed by atoms with E-state index in [9.17, 15) is 9.90 Å². The molecule has 2 saturated heterocycles. The zero-order valence-electron chi connectivity index (χ0n) is 32.4. The summed E-state index contributed by atoms with van der Waals surface area (Å²) in [5, 5.41) is 11.1. The van der Waals surface area contributed by atoms with Crippen LogP contribution >= 0.6 is 0 Å². The van der Waals surface area contributed by atoms with Gasteiger partial charge in [-0.05, 0) is 131 Å². The molecule has 2 aliphatic rings. The molecule has 0 saturated carbocycles. The van der Waals surface area contributed by atoms with Crippen molar-refractivity contribution in [3.63, 3.8) is 0 Å². The fourth-order valence-corrected chi connectivity index (χ4v) is 10.1. The van der Waals surface area contributed by atoms with E-state index in [2.05, 4.69) is 79.0 Å². The molecule has 2 aromatic rings. The first kappa shape index (κ1) is 39.1. The number of esters is 1. The van der Waals surface area contributed by atoms with Crippen LogP contribution in [0, 0.1) is 5.41 Å². The SMILES string of the molecule is CCC(CC(OC(=O)C(Cc1ccccc1)(Cc1ccccc1)C(=O)O)C(CC)N1C(C)(C)CCCC1(C)C)N1C(C)(C)CCCC1(C)C. The molecule has 4 rings (SSSR count). The van der Waals surface area contributed by atoms with E-state index >= 15 is 4.79 Å². The first-order valence-electron chi connectivity index (χ1n) is 19.0. The molecule has 2 aromatic carbocycles. The van der Waals surface area contributed by atoms with Crippen molar-refractivity contribution in [2.75, 3.05) is 0 Å². The van der Waals surface area contributed by atoms with E-state index in [-0.39, 0.29) is 47.1 Å². The number of ether oxygens (including phenoxy) is 1. The van der Waals surface area contributed by atoms with Crippen molar-refractivity contribution in [1.82, 2.24) is 9.80 Å². The quantitative estimate of drug-likeness (QED) is 0.159. The molecule has 6 heteroatoms. The zero-order valence-corrected chi connectivity index (χ0v) is 32.4. The third-order valence-electron chi connectivity index (χ3n) is 12.0. The van der Waals surface area contributed by atoms with Crippen LogP contribution in [0.5, 0.6) is 0 Å². The third-order valence-corrected chi connectivity index (χ3v) is 12.0. The monoisotopic (exact) mass is 675 g/mol. The summed E-state index contributed by atoms with van der Waals surface area (Å²) in [6.45, 7) is 23.2. The van der Waals surface area contributed by atoms with Gasteiger partial charge in [-0.15, -0.1) is 0 Å². The summed E-state index contributed by atoms with van der Waals surface area (Å²) in [4.78, 5) is 33.9. The first-order chi connectivity index (χ1) is 22.9. The summed E-state index contributed by atoms with van der Waals surface area (Å²) in [5.41, 5.74) is -0.378. The molecule has 3 atom stereocenters. The van der Waals surface area contributed by atoms with Crippen LogP contribution in [-0.4, -0.2) is 67.2 Å². The number of hydrogen-bond acceptors (Lipinski definition) is 5. The van der Waals surface area contributed by atoms with Gasteiger partial charge in [-0.1, -0.05) is 74.5 Å². The molecule has 0 aliphatic carbocycles. The molecular weight excluding hydrogens is 608 g/mol. The molecule has 3 unspecified atom stereocenters. The topological polar surface area (TPSA) is 70.1 Å². The molecule has 1 N–H and O–H groups in total. The Kier molecular flexibility index (Phi) is 12.2. The summed E-state index contributed by atoms with van der Waals surface area (Å²) in [6, 6.07) is 19.2. The number of benzene rings is 2. The molecule has 0 bridgehead atoms. The van der Waals surface area contributed by atoms with Crippen LogP contribution in [0.1, 0.15) is 138 Å². The zero-order chi connectivity index (χ0) is 36.3. The molecule has 0 aromatic heterocycles. The van der Waals surface area contributed by atoms with E-state index in [1.165, 1.54) is 6.42 Å². The highest BCUT2D eigenvalue weighted by molar-refractivity contribution is 6.00. The molecule has 2 aliphatic heterocycles. The van der Waals surface area contributed by atoms with Crippen molar-refractivity contribution in [2.24, 2.45) is 5.41 Å². The summed E-state index contributed by atoms with van der Waals surface area (Å²) in [5.74, 6) is -1.77.